The highest BCUT2D eigenvalue weighted by atomic mass is 79.9. The van der Waals surface area contributed by atoms with Crippen LogP contribution in [-0.4, -0.2) is 38.0 Å². The molecule has 0 heterocycles. The Morgan fingerprint density at radius 3 is 2.53 bits per heavy atom. The SMILES string of the molecule is CCCN(CC(=O)N(C)C)c1ccc(CN)c(Br)c1. The van der Waals surface area contributed by atoms with Crippen molar-refractivity contribution < 1.29 is 4.79 Å². The molecule has 0 bridgehead atoms. The van der Waals surface area contributed by atoms with Crippen LogP contribution in [0.4, 0.5) is 5.69 Å². The Morgan fingerprint density at radius 1 is 1.37 bits per heavy atom. The molecule has 1 aromatic carbocycles. The van der Waals surface area contributed by atoms with E-state index in [1.54, 1.807) is 19.0 Å². The standard InChI is InChI=1S/C14H22BrN3O/c1-4-7-18(10-14(19)17(2)3)12-6-5-11(9-16)13(15)8-12/h5-6,8H,4,7,9-10,16H2,1-3H3. The maximum absolute atomic E-state index is 11.9. The van der Waals surface area contributed by atoms with Gasteiger partial charge in [-0.15, -0.1) is 0 Å². The normalized spacial score (nSPS) is 10.4. The second kappa shape index (κ2) is 7.50. The van der Waals surface area contributed by atoms with E-state index in [9.17, 15) is 4.79 Å². The van der Waals surface area contributed by atoms with E-state index in [1.807, 2.05) is 18.2 Å². The average molecular weight is 328 g/mol. The summed E-state index contributed by atoms with van der Waals surface area (Å²) in [4.78, 5) is 15.6. The predicted molar refractivity (Wildman–Crippen MR) is 83.2 cm³/mol. The number of benzene rings is 1. The third-order valence-electron chi connectivity index (χ3n) is 2.94. The molecule has 1 aromatic rings. The van der Waals surface area contributed by atoms with Crippen LogP contribution in [0.15, 0.2) is 22.7 Å². The van der Waals surface area contributed by atoms with E-state index in [0.29, 0.717) is 13.1 Å². The van der Waals surface area contributed by atoms with Crippen molar-refractivity contribution in [1.82, 2.24) is 4.90 Å². The van der Waals surface area contributed by atoms with Gasteiger partial charge in [0.2, 0.25) is 5.91 Å². The zero-order chi connectivity index (χ0) is 14.4. The molecule has 0 atom stereocenters. The summed E-state index contributed by atoms with van der Waals surface area (Å²) >= 11 is 3.52. The van der Waals surface area contributed by atoms with Crippen LogP contribution in [0.25, 0.3) is 0 Å². The van der Waals surface area contributed by atoms with Gasteiger partial charge in [0.05, 0.1) is 6.54 Å². The monoisotopic (exact) mass is 327 g/mol. The molecular formula is C14H22BrN3O. The fourth-order valence-electron chi connectivity index (χ4n) is 1.77. The number of anilines is 1. The van der Waals surface area contributed by atoms with E-state index in [2.05, 4.69) is 27.8 Å². The molecule has 0 aliphatic carbocycles. The molecule has 0 aliphatic heterocycles. The van der Waals surface area contributed by atoms with Gasteiger partial charge in [0.15, 0.2) is 0 Å². The van der Waals surface area contributed by atoms with Crippen LogP contribution >= 0.6 is 15.9 Å². The maximum Gasteiger partial charge on any atom is 0.241 e. The minimum Gasteiger partial charge on any atom is -0.362 e. The van der Waals surface area contributed by atoms with Crippen LogP contribution < -0.4 is 10.6 Å². The van der Waals surface area contributed by atoms with Gasteiger partial charge < -0.3 is 15.5 Å². The largest absolute Gasteiger partial charge is 0.362 e. The zero-order valence-corrected chi connectivity index (χ0v) is 13.4. The highest BCUT2D eigenvalue weighted by Gasteiger charge is 2.13. The Hall–Kier alpha value is -1.07. The smallest absolute Gasteiger partial charge is 0.241 e. The second-order valence-electron chi connectivity index (χ2n) is 4.69. The van der Waals surface area contributed by atoms with Gasteiger partial charge in [-0.1, -0.05) is 28.9 Å². The molecule has 0 aromatic heterocycles. The van der Waals surface area contributed by atoms with Crippen molar-refractivity contribution in [2.45, 2.75) is 19.9 Å². The van der Waals surface area contributed by atoms with Crippen molar-refractivity contribution in [3.63, 3.8) is 0 Å². The number of carbonyl (C=O) groups excluding carboxylic acids is 1. The van der Waals surface area contributed by atoms with Crippen LogP contribution in [0.5, 0.6) is 0 Å². The minimum absolute atomic E-state index is 0.104. The number of carbonyl (C=O) groups is 1. The van der Waals surface area contributed by atoms with Crippen LogP contribution in [-0.2, 0) is 11.3 Å². The fraction of sp³-hybridized carbons (Fsp3) is 0.500. The number of amides is 1. The maximum atomic E-state index is 11.9. The van der Waals surface area contributed by atoms with Crippen molar-refractivity contribution in [2.75, 3.05) is 32.1 Å². The van der Waals surface area contributed by atoms with E-state index in [0.717, 1.165) is 28.7 Å². The number of rotatable bonds is 6. The Labute approximate surface area is 123 Å². The molecule has 0 fully saturated rings. The quantitative estimate of drug-likeness (QED) is 0.871. The van der Waals surface area contributed by atoms with Gasteiger partial charge in [0.1, 0.15) is 0 Å². The summed E-state index contributed by atoms with van der Waals surface area (Å²) in [6.07, 6.45) is 0.997. The Balaban J connectivity index is 2.92. The van der Waals surface area contributed by atoms with E-state index >= 15 is 0 Å². The van der Waals surface area contributed by atoms with Crippen molar-refractivity contribution in [3.8, 4) is 0 Å². The molecule has 0 saturated carbocycles. The Morgan fingerprint density at radius 2 is 2.05 bits per heavy atom. The van der Waals surface area contributed by atoms with Crippen LogP contribution in [0.3, 0.4) is 0 Å². The molecule has 0 radical (unpaired) electrons. The first-order valence-electron chi connectivity index (χ1n) is 6.43. The molecule has 106 valence electrons. The van der Waals surface area contributed by atoms with Crippen LogP contribution in [0.1, 0.15) is 18.9 Å². The average Bonchev–Trinajstić information content (AvgIpc) is 2.37. The van der Waals surface area contributed by atoms with Gasteiger partial charge in [0.25, 0.3) is 0 Å². The highest BCUT2D eigenvalue weighted by molar-refractivity contribution is 9.10. The lowest BCUT2D eigenvalue weighted by Crippen LogP contribution is -2.37. The van der Waals surface area contributed by atoms with Crippen molar-refractivity contribution in [3.05, 3.63) is 28.2 Å². The summed E-state index contributed by atoms with van der Waals surface area (Å²) in [5, 5.41) is 0. The number of likely N-dealkylation sites (N-methyl/N-ethyl adjacent to an activating group) is 1. The number of nitrogens with zero attached hydrogens (tertiary/aromatic N) is 2. The first-order valence-corrected chi connectivity index (χ1v) is 7.22. The van der Waals surface area contributed by atoms with Gasteiger partial charge >= 0.3 is 0 Å². The van der Waals surface area contributed by atoms with Crippen molar-refractivity contribution >= 4 is 27.5 Å². The van der Waals surface area contributed by atoms with Gasteiger partial charge in [-0.05, 0) is 24.1 Å². The summed E-state index contributed by atoms with van der Waals surface area (Å²) in [7, 11) is 3.56. The van der Waals surface area contributed by atoms with E-state index in [4.69, 9.17) is 5.73 Å². The number of halogens is 1. The first-order chi connectivity index (χ1) is 8.99. The molecule has 1 rings (SSSR count). The number of hydrogen-bond acceptors (Lipinski definition) is 3. The van der Waals surface area contributed by atoms with E-state index in [1.165, 1.54) is 0 Å². The van der Waals surface area contributed by atoms with Crippen LogP contribution in [0.2, 0.25) is 0 Å². The van der Waals surface area contributed by atoms with Gasteiger partial charge in [-0.25, -0.2) is 0 Å². The lowest BCUT2D eigenvalue weighted by atomic mass is 10.2. The number of hydrogen-bond donors (Lipinski definition) is 1. The molecule has 5 heteroatoms. The minimum atomic E-state index is 0.104. The zero-order valence-electron chi connectivity index (χ0n) is 11.8. The van der Waals surface area contributed by atoms with Gasteiger partial charge in [-0.3, -0.25) is 4.79 Å². The van der Waals surface area contributed by atoms with E-state index in [-0.39, 0.29) is 5.91 Å². The molecule has 0 spiro atoms. The van der Waals surface area contributed by atoms with Crippen LogP contribution in [0, 0.1) is 0 Å². The molecule has 19 heavy (non-hydrogen) atoms. The molecule has 0 aliphatic rings. The summed E-state index contributed by atoms with van der Waals surface area (Å²) in [5.74, 6) is 0.104. The topological polar surface area (TPSA) is 49.6 Å². The van der Waals surface area contributed by atoms with Crippen molar-refractivity contribution in [2.24, 2.45) is 5.73 Å². The summed E-state index contributed by atoms with van der Waals surface area (Å²) in [5.41, 5.74) is 7.76. The van der Waals surface area contributed by atoms with Gasteiger partial charge in [-0.2, -0.15) is 0 Å². The summed E-state index contributed by atoms with van der Waals surface area (Å²) in [6, 6.07) is 6.05. The predicted octanol–water partition coefficient (Wildman–Crippen LogP) is 2.21. The molecule has 0 saturated heterocycles. The lowest BCUT2D eigenvalue weighted by molar-refractivity contribution is -0.127. The summed E-state index contributed by atoms with van der Waals surface area (Å²) < 4.78 is 0.992. The molecule has 1 amide bonds. The Kier molecular flexibility index (Phi) is 6.31. The fourth-order valence-corrected chi connectivity index (χ4v) is 2.30. The third kappa shape index (κ3) is 4.51. The first kappa shape index (κ1) is 16.0. The molecule has 0 unspecified atom stereocenters. The number of nitrogens with two attached hydrogens (primary N) is 1. The molecule has 4 nitrogen and oxygen atoms in total. The highest BCUT2D eigenvalue weighted by Crippen LogP contribution is 2.24. The second-order valence-corrected chi connectivity index (χ2v) is 5.54. The lowest BCUT2D eigenvalue weighted by Gasteiger charge is -2.25. The van der Waals surface area contributed by atoms with E-state index < -0.39 is 0 Å². The van der Waals surface area contributed by atoms with Crippen molar-refractivity contribution in [1.29, 1.82) is 0 Å². The molecule has 2 N–H and O–H groups in total. The van der Waals surface area contributed by atoms with Gasteiger partial charge in [0, 0.05) is 37.3 Å². The third-order valence-corrected chi connectivity index (χ3v) is 3.68. The Bertz CT molecular complexity index is 435. The summed E-state index contributed by atoms with van der Waals surface area (Å²) in [6.45, 7) is 3.87. The molecular weight excluding hydrogens is 306 g/mol.